The molecule has 0 radical (unpaired) electrons. The molecule has 2 N–H and O–H groups in total. The number of aromatic nitrogens is 1. The topological polar surface area (TPSA) is 78.6 Å². The molecule has 1 aromatic heterocycles. The van der Waals surface area contributed by atoms with E-state index in [1.807, 2.05) is 4.90 Å². The van der Waals surface area contributed by atoms with Crippen molar-refractivity contribution >= 4 is 11.7 Å². The fourth-order valence-electron chi connectivity index (χ4n) is 1.51. The van der Waals surface area contributed by atoms with Crippen LogP contribution in [0.5, 0.6) is 0 Å². The Kier molecular flexibility index (Phi) is 6.10. The van der Waals surface area contributed by atoms with Crippen LogP contribution in [-0.4, -0.2) is 47.3 Å². The van der Waals surface area contributed by atoms with E-state index in [2.05, 4.69) is 17.1 Å². The molecule has 0 aliphatic rings. The van der Waals surface area contributed by atoms with Crippen molar-refractivity contribution in [2.75, 3.05) is 31.6 Å². The molecule has 1 aromatic rings. The number of aryl methyl sites for hydroxylation is 1. The Morgan fingerprint density at radius 1 is 1.67 bits per heavy atom. The van der Waals surface area contributed by atoms with Gasteiger partial charge < -0.3 is 14.9 Å². The lowest BCUT2D eigenvalue weighted by Gasteiger charge is -2.18. The quantitative estimate of drug-likeness (QED) is 0.670. The number of hydrogen-bond acceptors (Lipinski definition) is 5. The maximum atomic E-state index is 11.6. The number of amides is 1. The van der Waals surface area contributed by atoms with Crippen molar-refractivity contribution < 1.29 is 14.4 Å². The van der Waals surface area contributed by atoms with Crippen LogP contribution in [0.1, 0.15) is 12.2 Å². The van der Waals surface area contributed by atoms with E-state index in [0.717, 1.165) is 0 Å². The van der Waals surface area contributed by atoms with Gasteiger partial charge in [0.1, 0.15) is 5.76 Å². The van der Waals surface area contributed by atoms with Crippen molar-refractivity contribution in [1.82, 2.24) is 10.1 Å². The van der Waals surface area contributed by atoms with Gasteiger partial charge in [0.2, 0.25) is 5.91 Å². The highest BCUT2D eigenvalue weighted by atomic mass is 16.5. The predicted molar refractivity (Wildman–Crippen MR) is 68.2 cm³/mol. The second-order valence-corrected chi connectivity index (χ2v) is 3.93. The van der Waals surface area contributed by atoms with Crippen molar-refractivity contribution in [3.63, 3.8) is 0 Å². The summed E-state index contributed by atoms with van der Waals surface area (Å²) in [6.45, 7) is 7.21. The first-order chi connectivity index (χ1) is 8.65. The average molecular weight is 253 g/mol. The van der Waals surface area contributed by atoms with Crippen LogP contribution >= 0.6 is 0 Å². The molecular weight excluding hydrogens is 234 g/mol. The van der Waals surface area contributed by atoms with Gasteiger partial charge in [0.15, 0.2) is 5.82 Å². The average Bonchev–Trinajstić information content (AvgIpc) is 2.72. The van der Waals surface area contributed by atoms with Gasteiger partial charge in [-0.1, -0.05) is 11.2 Å². The maximum Gasteiger partial charge on any atom is 0.226 e. The molecule has 0 aliphatic carbocycles. The number of rotatable bonds is 8. The molecule has 0 saturated carbocycles. The summed E-state index contributed by atoms with van der Waals surface area (Å²) in [6.07, 6.45) is 2.08. The first-order valence-corrected chi connectivity index (χ1v) is 5.83. The van der Waals surface area contributed by atoms with Crippen molar-refractivity contribution in [3.05, 3.63) is 24.5 Å². The lowest BCUT2D eigenvalue weighted by atomic mass is 10.3. The number of aliphatic hydroxyl groups excluding tert-OH is 1. The van der Waals surface area contributed by atoms with Crippen LogP contribution in [0, 0.1) is 6.92 Å². The van der Waals surface area contributed by atoms with E-state index in [9.17, 15) is 4.79 Å². The number of aliphatic hydroxyl groups is 1. The maximum absolute atomic E-state index is 11.6. The van der Waals surface area contributed by atoms with E-state index in [4.69, 9.17) is 9.63 Å². The largest absolute Gasteiger partial charge is 0.395 e. The van der Waals surface area contributed by atoms with Crippen LogP contribution in [0.4, 0.5) is 5.82 Å². The third-order valence-electron chi connectivity index (χ3n) is 2.35. The van der Waals surface area contributed by atoms with Gasteiger partial charge in [0, 0.05) is 32.1 Å². The van der Waals surface area contributed by atoms with Crippen LogP contribution in [0.3, 0.4) is 0 Å². The molecule has 0 unspecified atom stereocenters. The second-order valence-electron chi connectivity index (χ2n) is 3.93. The molecule has 0 bridgehead atoms. The molecule has 0 aromatic carbocycles. The molecular formula is C12H19N3O3. The molecule has 1 amide bonds. The minimum Gasteiger partial charge on any atom is -0.395 e. The number of nitrogens with zero attached hydrogens (tertiary/aromatic N) is 2. The number of carbonyl (C=O) groups is 1. The van der Waals surface area contributed by atoms with Gasteiger partial charge >= 0.3 is 0 Å². The Labute approximate surface area is 106 Å². The van der Waals surface area contributed by atoms with Crippen LogP contribution < -0.4 is 5.32 Å². The predicted octanol–water partition coefficient (Wildman–Crippen LogP) is 0.792. The zero-order chi connectivity index (χ0) is 13.4. The normalized spacial score (nSPS) is 10.6. The summed E-state index contributed by atoms with van der Waals surface area (Å²) in [6, 6.07) is 1.66. The summed E-state index contributed by atoms with van der Waals surface area (Å²) in [5.74, 6) is 0.948. The fraction of sp³-hybridized carbons (Fsp3) is 0.500. The van der Waals surface area contributed by atoms with Gasteiger partial charge in [-0.2, -0.15) is 0 Å². The molecule has 0 aliphatic heterocycles. The molecule has 0 atom stereocenters. The summed E-state index contributed by atoms with van der Waals surface area (Å²) in [5, 5.41) is 15.2. The van der Waals surface area contributed by atoms with Gasteiger partial charge in [0.25, 0.3) is 0 Å². The molecule has 100 valence electrons. The monoisotopic (exact) mass is 253 g/mol. The van der Waals surface area contributed by atoms with Crippen LogP contribution in [0.2, 0.25) is 0 Å². The number of carbonyl (C=O) groups excluding carboxylic acids is 1. The zero-order valence-electron chi connectivity index (χ0n) is 10.6. The van der Waals surface area contributed by atoms with Gasteiger partial charge in [-0.05, 0) is 6.92 Å². The van der Waals surface area contributed by atoms with Crippen molar-refractivity contribution in [2.45, 2.75) is 13.3 Å². The Morgan fingerprint density at radius 3 is 3.00 bits per heavy atom. The van der Waals surface area contributed by atoms with E-state index in [0.29, 0.717) is 37.6 Å². The van der Waals surface area contributed by atoms with Crippen LogP contribution in [0.15, 0.2) is 23.2 Å². The summed E-state index contributed by atoms with van der Waals surface area (Å²) < 4.78 is 4.85. The van der Waals surface area contributed by atoms with E-state index >= 15 is 0 Å². The second kappa shape index (κ2) is 7.62. The Bertz CT molecular complexity index is 390. The fourth-order valence-corrected chi connectivity index (χ4v) is 1.51. The van der Waals surface area contributed by atoms with Crippen molar-refractivity contribution in [2.24, 2.45) is 0 Å². The highest BCUT2D eigenvalue weighted by Crippen LogP contribution is 2.07. The molecule has 6 heteroatoms. The van der Waals surface area contributed by atoms with Crippen LogP contribution in [0.25, 0.3) is 0 Å². The third kappa shape index (κ3) is 5.11. The zero-order valence-corrected chi connectivity index (χ0v) is 10.6. The number of hydrogen-bond donors (Lipinski definition) is 2. The van der Waals surface area contributed by atoms with Gasteiger partial charge in [-0.25, -0.2) is 0 Å². The van der Waals surface area contributed by atoms with E-state index < -0.39 is 0 Å². The van der Waals surface area contributed by atoms with Gasteiger partial charge in [-0.15, -0.1) is 6.58 Å². The van der Waals surface area contributed by atoms with Gasteiger partial charge in [0.05, 0.1) is 6.61 Å². The van der Waals surface area contributed by atoms with Crippen molar-refractivity contribution in [1.29, 1.82) is 0 Å². The molecule has 0 spiro atoms. The van der Waals surface area contributed by atoms with E-state index in [1.165, 1.54) is 0 Å². The molecule has 6 nitrogen and oxygen atoms in total. The molecule has 1 heterocycles. The summed E-state index contributed by atoms with van der Waals surface area (Å²) in [5.41, 5.74) is 0. The molecule has 0 fully saturated rings. The van der Waals surface area contributed by atoms with E-state index in [1.54, 1.807) is 19.1 Å². The molecule has 0 saturated heterocycles. The Balaban J connectivity index is 2.32. The first kappa shape index (κ1) is 14.4. The number of nitrogens with one attached hydrogen (secondary N) is 1. The van der Waals surface area contributed by atoms with Crippen LogP contribution in [-0.2, 0) is 4.79 Å². The first-order valence-electron chi connectivity index (χ1n) is 5.83. The third-order valence-corrected chi connectivity index (χ3v) is 2.35. The van der Waals surface area contributed by atoms with Crippen molar-refractivity contribution in [3.8, 4) is 0 Å². The summed E-state index contributed by atoms with van der Waals surface area (Å²) in [4.78, 5) is 13.6. The lowest BCUT2D eigenvalue weighted by Crippen LogP contribution is -2.30. The van der Waals surface area contributed by atoms with Gasteiger partial charge in [-0.3, -0.25) is 9.69 Å². The summed E-state index contributed by atoms with van der Waals surface area (Å²) >= 11 is 0. The highest BCUT2D eigenvalue weighted by Gasteiger charge is 2.08. The highest BCUT2D eigenvalue weighted by molar-refractivity contribution is 5.89. The lowest BCUT2D eigenvalue weighted by molar-refractivity contribution is -0.116. The smallest absolute Gasteiger partial charge is 0.226 e. The minimum absolute atomic E-state index is 0.0674. The summed E-state index contributed by atoms with van der Waals surface area (Å²) in [7, 11) is 0. The SMILES string of the molecule is C=CCN(CCO)CCC(=O)Nc1cc(C)on1. The molecule has 1 rings (SSSR count). The minimum atomic E-state index is -0.129. The van der Waals surface area contributed by atoms with E-state index in [-0.39, 0.29) is 12.5 Å². The Morgan fingerprint density at radius 2 is 2.44 bits per heavy atom. The standard InChI is InChI=1S/C12H19N3O3/c1-3-5-15(7-8-16)6-4-12(17)13-11-9-10(2)18-14-11/h3,9,16H,1,4-8H2,2H3,(H,13,14,17). The number of anilines is 1. The Hall–Kier alpha value is -1.66. The molecule has 18 heavy (non-hydrogen) atoms.